The number of anilines is 1. The van der Waals surface area contributed by atoms with E-state index < -0.39 is 0 Å². The molecular formula is C15H24N4O. The number of nitrogens with two attached hydrogens (primary N) is 1. The molecule has 2 aliphatic rings. The first-order chi connectivity index (χ1) is 9.52. The Morgan fingerprint density at radius 2 is 2.10 bits per heavy atom. The van der Waals surface area contributed by atoms with Crippen molar-refractivity contribution in [3.8, 4) is 0 Å². The largest absolute Gasteiger partial charge is 0.352 e. The van der Waals surface area contributed by atoms with Crippen LogP contribution in [-0.2, 0) is 7.05 Å². The van der Waals surface area contributed by atoms with Crippen molar-refractivity contribution in [2.75, 3.05) is 18.0 Å². The first kappa shape index (κ1) is 13.6. The van der Waals surface area contributed by atoms with Gasteiger partial charge in [0, 0.05) is 38.6 Å². The molecule has 1 spiro atoms. The summed E-state index contributed by atoms with van der Waals surface area (Å²) < 4.78 is 1.59. The van der Waals surface area contributed by atoms with E-state index in [9.17, 15) is 4.79 Å². The topological polar surface area (TPSA) is 64.2 Å². The summed E-state index contributed by atoms with van der Waals surface area (Å²) in [7, 11) is 1.77. The average Bonchev–Trinajstić information content (AvgIpc) is 2.69. The molecule has 1 saturated heterocycles. The van der Waals surface area contributed by atoms with Crippen LogP contribution in [0.4, 0.5) is 5.82 Å². The van der Waals surface area contributed by atoms with Crippen molar-refractivity contribution in [1.82, 2.24) is 9.55 Å². The van der Waals surface area contributed by atoms with Crippen molar-refractivity contribution in [1.29, 1.82) is 0 Å². The Morgan fingerprint density at radius 1 is 1.40 bits per heavy atom. The molecule has 5 heteroatoms. The van der Waals surface area contributed by atoms with Gasteiger partial charge in [0.2, 0.25) is 0 Å². The molecule has 2 N–H and O–H groups in total. The van der Waals surface area contributed by atoms with Gasteiger partial charge < -0.3 is 15.2 Å². The monoisotopic (exact) mass is 276 g/mol. The molecule has 1 aromatic heterocycles. The quantitative estimate of drug-likeness (QED) is 0.835. The molecule has 0 amide bonds. The van der Waals surface area contributed by atoms with Crippen molar-refractivity contribution in [2.24, 2.45) is 24.1 Å². The van der Waals surface area contributed by atoms with Crippen molar-refractivity contribution >= 4 is 5.82 Å². The molecule has 1 aliphatic heterocycles. The fraction of sp³-hybridized carbons (Fsp3) is 0.733. The van der Waals surface area contributed by atoms with E-state index in [1.807, 2.05) is 0 Å². The molecule has 110 valence electrons. The Morgan fingerprint density at radius 3 is 2.70 bits per heavy atom. The third kappa shape index (κ3) is 2.14. The molecule has 1 aliphatic carbocycles. The standard InChI is InChI=1S/C15H24N4O/c1-11-9-12(16)15(10-11)3-6-19(7-4-15)13-14(20)18(2)8-5-17-13/h5,8,11-12H,3-4,6-7,9-10,16H2,1-2H3/t11-,12+/m0/s1. The zero-order valence-corrected chi connectivity index (χ0v) is 12.4. The van der Waals surface area contributed by atoms with Crippen LogP contribution in [-0.4, -0.2) is 28.7 Å². The lowest BCUT2D eigenvalue weighted by molar-refractivity contribution is 0.192. The van der Waals surface area contributed by atoms with E-state index in [0.717, 1.165) is 38.3 Å². The lowest BCUT2D eigenvalue weighted by Gasteiger charge is -2.42. The Kier molecular flexibility index (Phi) is 3.32. The highest BCUT2D eigenvalue weighted by Crippen LogP contribution is 2.48. The van der Waals surface area contributed by atoms with Crippen molar-refractivity contribution in [3.05, 3.63) is 22.7 Å². The second-order valence-electron chi connectivity index (χ2n) is 6.67. The molecule has 2 heterocycles. The minimum atomic E-state index is -0.00691. The maximum absolute atomic E-state index is 12.1. The van der Waals surface area contributed by atoms with Crippen LogP contribution in [0.15, 0.2) is 17.2 Å². The summed E-state index contributed by atoms with van der Waals surface area (Å²) in [5.74, 6) is 1.32. The van der Waals surface area contributed by atoms with E-state index in [1.54, 1.807) is 24.0 Å². The number of piperidine rings is 1. The van der Waals surface area contributed by atoms with Gasteiger partial charge in [0.15, 0.2) is 5.82 Å². The Hall–Kier alpha value is -1.36. The number of rotatable bonds is 1. The molecule has 0 bridgehead atoms. The first-order valence-corrected chi connectivity index (χ1v) is 7.54. The number of aryl methyl sites for hydroxylation is 1. The highest BCUT2D eigenvalue weighted by Gasteiger charge is 2.45. The highest BCUT2D eigenvalue weighted by molar-refractivity contribution is 5.36. The zero-order valence-electron chi connectivity index (χ0n) is 12.4. The highest BCUT2D eigenvalue weighted by atomic mass is 16.1. The maximum Gasteiger partial charge on any atom is 0.293 e. The molecule has 0 radical (unpaired) electrons. The Balaban J connectivity index is 1.76. The molecule has 2 atom stereocenters. The predicted octanol–water partition coefficient (Wildman–Crippen LogP) is 1.12. The third-order valence-corrected chi connectivity index (χ3v) is 5.26. The van der Waals surface area contributed by atoms with E-state index >= 15 is 0 Å². The molecule has 20 heavy (non-hydrogen) atoms. The van der Waals surface area contributed by atoms with Crippen molar-refractivity contribution in [2.45, 2.75) is 38.6 Å². The van der Waals surface area contributed by atoms with Gasteiger partial charge in [0.05, 0.1) is 0 Å². The van der Waals surface area contributed by atoms with Crippen LogP contribution in [0.25, 0.3) is 0 Å². The van der Waals surface area contributed by atoms with E-state index in [2.05, 4.69) is 16.8 Å². The summed E-state index contributed by atoms with van der Waals surface area (Å²) in [6.45, 7) is 4.09. The van der Waals surface area contributed by atoms with Crippen molar-refractivity contribution in [3.63, 3.8) is 0 Å². The van der Waals surface area contributed by atoms with Crippen LogP contribution in [0.3, 0.4) is 0 Å². The van der Waals surface area contributed by atoms with Crippen LogP contribution < -0.4 is 16.2 Å². The van der Waals surface area contributed by atoms with E-state index in [0.29, 0.717) is 17.3 Å². The maximum atomic E-state index is 12.1. The summed E-state index contributed by atoms with van der Waals surface area (Å²) in [5.41, 5.74) is 6.67. The van der Waals surface area contributed by atoms with Gasteiger partial charge >= 0.3 is 0 Å². The van der Waals surface area contributed by atoms with Crippen LogP contribution in [0.5, 0.6) is 0 Å². The summed E-state index contributed by atoms with van der Waals surface area (Å²) in [4.78, 5) is 18.5. The van der Waals surface area contributed by atoms with Crippen LogP contribution in [0, 0.1) is 11.3 Å². The summed E-state index contributed by atoms with van der Waals surface area (Å²) in [6, 6.07) is 0.325. The molecule has 5 nitrogen and oxygen atoms in total. The summed E-state index contributed by atoms with van der Waals surface area (Å²) in [5, 5.41) is 0. The van der Waals surface area contributed by atoms with Gasteiger partial charge in [-0.1, -0.05) is 6.92 Å². The number of aromatic nitrogens is 2. The molecular weight excluding hydrogens is 252 g/mol. The molecule has 1 aromatic rings. The second-order valence-corrected chi connectivity index (χ2v) is 6.67. The van der Waals surface area contributed by atoms with E-state index in [-0.39, 0.29) is 5.56 Å². The van der Waals surface area contributed by atoms with Crippen LogP contribution >= 0.6 is 0 Å². The lowest BCUT2D eigenvalue weighted by atomic mass is 9.74. The van der Waals surface area contributed by atoms with E-state index in [1.165, 1.54) is 6.42 Å². The minimum Gasteiger partial charge on any atom is -0.352 e. The lowest BCUT2D eigenvalue weighted by Crippen LogP contribution is -2.48. The van der Waals surface area contributed by atoms with Gasteiger partial charge in [0.25, 0.3) is 5.56 Å². The SMILES string of the molecule is C[C@H]1C[C@@H](N)C2(CCN(c3nccn(C)c3=O)CC2)C1. The Labute approximate surface area is 119 Å². The van der Waals surface area contributed by atoms with Gasteiger partial charge in [-0.05, 0) is 37.0 Å². The first-order valence-electron chi connectivity index (χ1n) is 7.54. The average molecular weight is 276 g/mol. The molecule has 0 unspecified atom stereocenters. The third-order valence-electron chi connectivity index (χ3n) is 5.26. The van der Waals surface area contributed by atoms with E-state index in [4.69, 9.17) is 5.73 Å². The molecule has 3 rings (SSSR count). The van der Waals surface area contributed by atoms with Gasteiger partial charge in [-0.3, -0.25) is 4.79 Å². The van der Waals surface area contributed by atoms with Gasteiger partial charge in [-0.2, -0.15) is 0 Å². The summed E-state index contributed by atoms with van der Waals surface area (Å²) in [6.07, 6.45) is 7.94. The fourth-order valence-corrected chi connectivity index (χ4v) is 4.05. The molecule has 1 saturated carbocycles. The Bertz CT molecular complexity index is 545. The second kappa shape index (κ2) is 4.88. The number of hydrogen-bond donors (Lipinski definition) is 1. The summed E-state index contributed by atoms with van der Waals surface area (Å²) >= 11 is 0. The predicted molar refractivity (Wildman–Crippen MR) is 79.7 cm³/mol. The fourth-order valence-electron chi connectivity index (χ4n) is 4.05. The minimum absolute atomic E-state index is 0.00691. The molecule has 0 aromatic carbocycles. The van der Waals surface area contributed by atoms with Gasteiger partial charge in [-0.15, -0.1) is 0 Å². The normalized spacial score (nSPS) is 29.1. The number of nitrogens with zero attached hydrogens (tertiary/aromatic N) is 3. The van der Waals surface area contributed by atoms with Crippen LogP contribution in [0.1, 0.15) is 32.6 Å². The smallest absolute Gasteiger partial charge is 0.293 e. The molecule has 2 fully saturated rings. The van der Waals surface area contributed by atoms with Gasteiger partial charge in [0.1, 0.15) is 0 Å². The van der Waals surface area contributed by atoms with Crippen molar-refractivity contribution < 1.29 is 0 Å². The number of hydrogen-bond acceptors (Lipinski definition) is 4. The van der Waals surface area contributed by atoms with Gasteiger partial charge in [-0.25, -0.2) is 4.98 Å². The zero-order chi connectivity index (χ0) is 14.3. The van der Waals surface area contributed by atoms with Crippen LogP contribution in [0.2, 0.25) is 0 Å².